The quantitative estimate of drug-likeness (QED) is 0.924. The van der Waals surface area contributed by atoms with E-state index < -0.39 is 11.7 Å². The average Bonchev–Trinajstić information content (AvgIpc) is 2.90. The number of likely N-dealkylation sites (tertiary alicyclic amines) is 1. The number of nitrogens with zero attached hydrogens (tertiary/aromatic N) is 2. The van der Waals surface area contributed by atoms with Gasteiger partial charge in [-0.25, -0.2) is 4.79 Å². The second-order valence-electron chi connectivity index (χ2n) is 7.59. The highest BCUT2D eigenvalue weighted by molar-refractivity contribution is 5.92. The van der Waals surface area contributed by atoms with Gasteiger partial charge in [-0.05, 0) is 58.6 Å². The number of hydrogen-bond acceptors (Lipinski definition) is 3. The fraction of sp³-hybridized carbons (Fsp3) is 0.667. The van der Waals surface area contributed by atoms with E-state index in [0.717, 1.165) is 19.4 Å². The number of piperidine rings is 1. The number of alkyl carbamates (subject to hydrolysis) is 1. The molecule has 134 valence electrons. The molecule has 2 atom stereocenters. The molecule has 1 aliphatic heterocycles. The molecule has 6 heteroatoms. The fourth-order valence-electron chi connectivity index (χ4n) is 3.06. The monoisotopic (exact) mass is 335 g/mol. The summed E-state index contributed by atoms with van der Waals surface area (Å²) in [4.78, 5) is 26.5. The van der Waals surface area contributed by atoms with Crippen molar-refractivity contribution < 1.29 is 14.3 Å². The Morgan fingerprint density at radius 1 is 1.38 bits per heavy atom. The van der Waals surface area contributed by atoms with Gasteiger partial charge in [0.05, 0.1) is 0 Å². The maximum Gasteiger partial charge on any atom is 0.407 e. The largest absolute Gasteiger partial charge is 0.444 e. The van der Waals surface area contributed by atoms with Gasteiger partial charge in [0.25, 0.3) is 5.91 Å². The molecule has 1 aromatic heterocycles. The minimum atomic E-state index is -0.509. The third-order valence-corrected chi connectivity index (χ3v) is 4.36. The Kier molecular flexibility index (Phi) is 5.57. The molecule has 1 N–H and O–H groups in total. The first-order chi connectivity index (χ1) is 11.2. The number of nitrogens with one attached hydrogen (secondary N) is 1. The van der Waals surface area contributed by atoms with Crippen LogP contribution in [0.25, 0.3) is 0 Å². The molecule has 1 fully saturated rings. The number of amides is 2. The van der Waals surface area contributed by atoms with E-state index in [0.29, 0.717) is 12.2 Å². The molecule has 2 heterocycles. The topological polar surface area (TPSA) is 63.6 Å². The van der Waals surface area contributed by atoms with Crippen LogP contribution in [-0.2, 0) is 11.8 Å². The Hall–Kier alpha value is -1.98. The predicted octanol–water partition coefficient (Wildman–Crippen LogP) is 2.79. The number of aromatic nitrogens is 1. The van der Waals surface area contributed by atoms with Crippen LogP contribution >= 0.6 is 0 Å². The highest BCUT2D eigenvalue weighted by Gasteiger charge is 2.30. The Morgan fingerprint density at radius 3 is 2.67 bits per heavy atom. The number of hydrogen-bond donors (Lipinski definition) is 1. The summed E-state index contributed by atoms with van der Waals surface area (Å²) in [5, 5.41) is 2.91. The van der Waals surface area contributed by atoms with Crippen molar-refractivity contribution in [1.82, 2.24) is 14.8 Å². The van der Waals surface area contributed by atoms with Crippen molar-refractivity contribution in [3.63, 3.8) is 0 Å². The second kappa shape index (κ2) is 7.28. The first-order valence-electron chi connectivity index (χ1n) is 8.57. The minimum absolute atomic E-state index is 0.0381. The van der Waals surface area contributed by atoms with Crippen LogP contribution in [0.5, 0.6) is 0 Å². The summed E-state index contributed by atoms with van der Waals surface area (Å²) in [6.45, 7) is 8.93. The van der Waals surface area contributed by atoms with Crippen molar-refractivity contribution >= 4 is 12.0 Å². The normalized spacial score (nSPS) is 19.7. The van der Waals surface area contributed by atoms with Crippen molar-refractivity contribution in [2.45, 2.75) is 52.2 Å². The molecule has 0 aliphatic carbocycles. The first-order valence-corrected chi connectivity index (χ1v) is 8.57. The molecule has 2 rings (SSSR count). The van der Waals surface area contributed by atoms with E-state index in [1.807, 2.05) is 62.5 Å². The number of carbonyl (C=O) groups is 2. The van der Waals surface area contributed by atoms with Gasteiger partial charge in [-0.3, -0.25) is 4.79 Å². The van der Waals surface area contributed by atoms with Crippen molar-refractivity contribution in [2.24, 2.45) is 13.0 Å². The van der Waals surface area contributed by atoms with Gasteiger partial charge >= 0.3 is 6.09 Å². The van der Waals surface area contributed by atoms with Gasteiger partial charge in [-0.15, -0.1) is 0 Å². The lowest BCUT2D eigenvalue weighted by atomic mass is 9.91. The van der Waals surface area contributed by atoms with Gasteiger partial charge in [0.1, 0.15) is 11.3 Å². The summed E-state index contributed by atoms with van der Waals surface area (Å²) in [5.41, 5.74) is 0.189. The number of aryl methyl sites for hydroxylation is 1. The van der Waals surface area contributed by atoms with Crippen molar-refractivity contribution in [2.75, 3.05) is 13.1 Å². The van der Waals surface area contributed by atoms with Crippen molar-refractivity contribution in [3.05, 3.63) is 24.0 Å². The highest BCUT2D eigenvalue weighted by atomic mass is 16.6. The van der Waals surface area contributed by atoms with E-state index in [1.54, 1.807) is 0 Å². The second-order valence-corrected chi connectivity index (χ2v) is 7.59. The van der Waals surface area contributed by atoms with Crippen LogP contribution in [0.4, 0.5) is 4.79 Å². The smallest absolute Gasteiger partial charge is 0.407 e. The molecular formula is C18H29N3O3. The van der Waals surface area contributed by atoms with E-state index >= 15 is 0 Å². The number of rotatable bonds is 3. The van der Waals surface area contributed by atoms with Crippen molar-refractivity contribution in [3.8, 4) is 0 Å². The molecule has 1 aromatic rings. The molecule has 0 bridgehead atoms. The molecule has 0 unspecified atom stereocenters. The molecule has 2 amide bonds. The van der Waals surface area contributed by atoms with Crippen LogP contribution < -0.4 is 5.32 Å². The van der Waals surface area contributed by atoms with Crippen LogP contribution in [-0.4, -0.2) is 46.2 Å². The lowest BCUT2D eigenvalue weighted by Crippen LogP contribution is -2.49. The lowest BCUT2D eigenvalue weighted by molar-refractivity contribution is 0.0459. The van der Waals surface area contributed by atoms with Gasteiger partial charge in [0.15, 0.2) is 0 Å². The SMILES string of the molecule is C[C@@H](NC(=O)OC(C)(C)C)[C@@H]1CCCN(C(=O)c2cccn2C)C1. The summed E-state index contributed by atoms with van der Waals surface area (Å²) in [6.07, 6.45) is 3.41. The molecule has 0 spiro atoms. The van der Waals surface area contributed by atoms with E-state index in [9.17, 15) is 9.59 Å². The molecule has 6 nitrogen and oxygen atoms in total. The molecule has 0 saturated carbocycles. The van der Waals surface area contributed by atoms with Gasteiger partial charge in [0.2, 0.25) is 0 Å². The summed E-state index contributed by atoms with van der Waals surface area (Å²) >= 11 is 0. The Bertz CT molecular complexity index is 589. The summed E-state index contributed by atoms with van der Waals surface area (Å²) in [7, 11) is 1.88. The molecule has 24 heavy (non-hydrogen) atoms. The summed E-state index contributed by atoms with van der Waals surface area (Å²) in [5.74, 6) is 0.284. The Labute approximate surface area is 144 Å². The van der Waals surface area contributed by atoms with E-state index in [2.05, 4.69) is 5.32 Å². The highest BCUT2D eigenvalue weighted by Crippen LogP contribution is 2.22. The van der Waals surface area contributed by atoms with Crippen LogP contribution in [0.15, 0.2) is 18.3 Å². The van der Waals surface area contributed by atoms with Crippen LogP contribution in [0.3, 0.4) is 0 Å². The maximum atomic E-state index is 12.7. The average molecular weight is 335 g/mol. The van der Waals surface area contributed by atoms with Gasteiger partial charge in [0, 0.05) is 32.4 Å². The lowest BCUT2D eigenvalue weighted by Gasteiger charge is -2.36. The number of ether oxygens (including phenoxy) is 1. The zero-order valence-corrected chi connectivity index (χ0v) is 15.3. The minimum Gasteiger partial charge on any atom is -0.444 e. The van der Waals surface area contributed by atoms with E-state index in [4.69, 9.17) is 4.74 Å². The zero-order chi connectivity index (χ0) is 17.9. The molecule has 0 radical (unpaired) electrons. The summed E-state index contributed by atoms with van der Waals surface area (Å²) < 4.78 is 7.16. The van der Waals surface area contributed by atoms with Gasteiger partial charge in [-0.1, -0.05) is 0 Å². The molecule has 0 aromatic carbocycles. The summed E-state index contributed by atoms with van der Waals surface area (Å²) in [6, 6.07) is 3.68. The van der Waals surface area contributed by atoms with Crippen LogP contribution in [0, 0.1) is 5.92 Å². The third kappa shape index (κ3) is 4.76. The first kappa shape index (κ1) is 18.4. The van der Waals surface area contributed by atoms with Gasteiger partial charge in [-0.2, -0.15) is 0 Å². The zero-order valence-electron chi connectivity index (χ0n) is 15.3. The molecule has 1 saturated heterocycles. The van der Waals surface area contributed by atoms with E-state index in [1.165, 1.54) is 0 Å². The van der Waals surface area contributed by atoms with Gasteiger partial charge < -0.3 is 19.5 Å². The molecule has 1 aliphatic rings. The fourth-order valence-corrected chi connectivity index (χ4v) is 3.06. The standard InChI is InChI=1S/C18H29N3O3/c1-13(19-17(23)24-18(2,3)4)14-8-6-11-21(12-14)16(22)15-9-7-10-20(15)5/h7,9-10,13-14H,6,8,11-12H2,1-5H3,(H,19,23)/t13-,14-/m1/s1. The van der Waals surface area contributed by atoms with Crippen molar-refractivity contribution in [1.29, 1.82) is 0 Å². The molecular weight excluding hydrogens is 306 g/mol. The van der Waals surface area contributed by atoms with Crippen LogP contribution in [0.1, 0.15) is 51.0 Å². The predicted molar refractivity (Wildman–Crippen MR) is 92.9 cm³/mol. The van der Waals surface area contributed by atoms with Crippen LogP contribution in [0.2, 0.25) is 0 Å². The van der Waals surface area contributed by atoms with E-state index in [-0.39, 0.29) is 17.9 Å². The maximum absolute atomic E-state index is 12.7. The Morgan fingerprint density at radius 2 is 2.08 bits per heavy atom. The third-order valence-electron chi connectivity index (χ3n) is 4.36. The number of carbonyl (C=O) groups excluding carboxylic acids is 2. The Balaban J connectivity index is 1.94.